The molecule has 0 aliphatic heterocycles. The van der Waals surface area contributed by atoms with Gasteiger partial charge in [-0.3, -0.25) is 19.2 Å². The zero-order valence-corrected chi connectivity index (χ0v) is 20.2. The first-order valence-corrected chi connectivity index (χ1v) is 12.0. The molecule has 1 aromatic carbocycles. The van der Waals surface area contributed by atoms with Gasteiger partial charge in [-0.15, -0.1) is 22.7 Å². The molecule has 2 unspecified atom stereocenters. The van der Waals surface area contributed by atoms with E-state index in [-0.39, 0.29) is 32.4 Å². The van der Waals surface area contributed by atoms with E-state index in [1.54, 1.807) is 0 Å². The molecule has 0 fully saturated rings. The van der Waals surface area contributed by atoms with Crippen LogP contribution in [0.3, 0.4) is 0 Å². The highest BCUT2D eigenvalue weighted by molar-refractivity contribution is 7.25. The Morgan fingerprint density at radius 1 is 0.575 bits per heavy atom. The first kappa shape index (κ1) is 27.6. The van der Waals surface area contributed by atoms with Crippen molar-refractivity contribution < 1.29 is 63.1 Å². The summed E-state index contributed by atoms with van der Waals surface area (Å²) in [4.78, 5) is 48.6. The second-order valence-corrected chi connectivity index (χ2v) is 10.3. The van der Waals surface area contributed by atoms with E-state index in [2.05, 4.69) is 0 Å². The maximum Gasteiger partial charge on any atom is 0.235 e. The summed E-state index contributed by atoms with van der Waals surface area (Å²) in [6.07, 6.45) is -6.75. The minimum Gasteiger partial charge on any atom is -0.288 e. The van der Waals surface area contributed by atoms with Crippen molar-refractivity contribution in [3.63, 3.8) is 0 Å². The number of carbonyl (C=O) groups is 4. The lowest BCUT2D eigenvalue weighted by Gasteiger charge is -2.19. The normalized spacial score (nSPS) is 18.9. The van der Waals surface area contributed by atoms with Crippen molar-refractivity contribution in [2.24, 2.45) is 0 Å². The lowest BCUT2D eigenvalue weighted by Crippen LogP contribution is -2.26. The Bertz CT molecular complexity index is 1770. The average molecular weight is 610 g/mol. The van der Waals surface area contributed by atoms with Crippen LogP contribution in [0.15, 0.2) is 35.2 Å². The second kappa shape index (κ2) is 9.33. The Morgan fingerprint density at radius 3 is 1.45 bits per heavy atom. The Morgan fingerprint density at radius 2 is 0.975 bits per heavy atom. The number of hydrogen-bond donors (Lipinski definition) is 0. The van der Waals surface area contributed by atoms with Crippen LogP contribution in [0.25, 0.3) is 9.75 Å². The molecule has 0 spiro atoms. The van der Waals surface area contributed by atoms with Crippen molar-refractivity contribution >= 4 is 45.8 Å². The largest absolute Gasteiger partial charge is 0.288 e. The van der Waals surface area contributed by atoms with Crippen molar-refractivity contribution in [2.75, 3.05) is 0 Å². The molecule has 2 atom stereocenters. The molecule has 4 nitrogen and oxygen atoms in total. The van der Waals surface area contributed by atoms with E-state index in [1.165, 1.54) is 0 Å². The van der Waals surface area contributed by atoms with E-state index in [0.717, 1.165) is 0 Å². The molecule has 5 rings (SSSR count). The third kappa shape index (κ3) is 3.72. The predicted octanol–water partition coefficient (Wildman–Crippen LogP) is 7.03. The summed E-state index contributed by atoms with van der Waals surface area (Å²) in [5.74, 6) is -25.5. The molecule has 40 heavy (non-hydrogen) atoms. The molecule has 0 bridgehead atoms. The number of fused-ring (bicyclic) bond motifs is 3. The van der Waals surface area contributed by atoms with Gasteiger partial charge in [-0.25, -0.2) is 43.9 Å². The zero-order valence-electron chi connectivity index (χ0n) is 18.5. The molecule has 3 aromatic rings. The summed E-state index contributed by atoms with van der Waals surface area (Å²) in [7, 11) is 0. The molecule has 0 saturated heterocycles. The molecule has 206 valence electrons. The summed E-state index contributed by atoms with van der Waals surface area (Å²) in [6, 6.07) is 1.30. The van der Waals surface area contributed by atoms with Crippen LogP contribution in [0.1, 0.15) is 45.6 Å². The fraction of sp³-hybridized carbons (Fsp3) is 0.0833. The summed E-state index contributed by atoms with van der Waals surface area (Å²) >= 11 is 0.514. The minimum absolute atomic E-state index is 0.250. The van der Waals surface area contributed by atoms with Crippen LogP contribution in [-0.2, 0) is 0 Å². The van der Waals surface area contributed by atoms with Crippen molar-refractivity contribution in [1.29, 1.82) is 0 Å². The van der Waals surface area contributed by atoms with Crippen molar-refractivity contribution in [3.8, 4) is 9.75 Å². The first-order chi connectivity index (χ1) is 18.7. The molecular weight excluding hydrogens is 606 g/mol. The van der Waals surface area contributed by atoms with E-state index in [1.807, 2.05) is 0 Å². The number of thiophene rings is 2. The number of benzene rings is 1. The van der Waals surface area contributed by atoms with E-state index in [4.69, 9.17) is 0 Å². The Balaban J connectivity index is 1.61. The van der Waals surface area contributed by atoms with Crippen LogP contribution in [0.5, 0.6) is 0 Å². The molecule has 0 radical (unpaired) electrons. The molecule has 2 aliphatic carbocycles. The van der Waals surface area contributed by atoms with Crippen LogP contribution in [0.4, 0.5) is 43.9 Å². The summed E-state index contributed by atoms with van der Waals surface area (Å²) in [6.45, 7) is 0. The lowest BCUT2D eigenvalue weighted by molar-refractivity contribution is 0.0816. The van der Waals surface area contributed by atoms with Gasteiger partial charge in [-0.1, -0.05) is 0 Å². The number of hydrogen-bond acceptors (Lipinski definition) is 6. The second-order valence-electron chi connectivity index (χ2n) is 8.15. The molecule has 0 N–H and O–H groups in total. The van der Waals surface area contributed by atoms with Crippen molar-refractivity contribution in [1.82, 2.24) is 0 Å². The van der Waals surface area contributed by atoms with Crippen molar-refractivity contribution in [3.05, 3.63) is 90.7 Å². The maximum atomic E-state index is 14.3. The summed E-state index contributed by atoms with van der Waals surface area (Å²) in [5, 5.41) is 0. The number of halogens is 10. The molecule has 16 heteroatoms. The number of alkyl halides is 2. The highest BCUT2D eigenvalue weighted by atomic mass is 32.1. The number of rotatable bonds is 4. The van der Waals surface area contributed by atoms with E-state index >= 15 is 0 Å². The predicted molar refractivity (Wildman–Crippen MR) is 117 cm³/mol. The quantitative estimate of drug-likeness (QED) is 0.105. The number of Topliss-reactive ketones (excluding diaryl/α,β-unsaturated/α-hetero) is 3. The lowest BCUT2D eigenvalue weighted by atomic mass is 9.92. The van der Waals surface area contributed by atoms with Gasteiger partial charge in [-0.2, -0.15) is 0 Å². The summed E-state index contributed by atoms with van der Waals surface area (Å²) in [5.41, 5.74) is -4.72. The third-order valence-electron chi connectivity index (χ3n) is 5.90. The topological polar surface area (TPSA) is 68.3 Å². The Hall–Kier alpha value is -3.92. The van der Waals surface area contributed by atoms with Gasteiger partial charge in [-0.05, 0) is 12.1 Å². The van der Waals surface area contributed by atoms with E-state index in [0.29, 0.717) is 12.1 Å². The molecule has 2 heterocycles. The number of ketones is 4. The fourth-order valence-electron chi connectivity index (χ4n) is 3.95. The third-order valence-corrected chi connectivity index (χ3v) is 8.33. The average Bonchev–Trinajstić information content (AvgIpc) is 3.57. The molecule has 2 aliphatic rings. The van der Waals surface area contributed by atoms with Crippen LogP contribution in [-0.4, -0.2) is 35.5 Å². The van der Waals surface area contributed by atoms with Gasteiger partial charge in [0.1, 0.15) is 5.56 Å². The Labute approximate surface area is 221 Å². The monoisotopic (exact) mass is 610 g/mol. The summed E-state index contributed by atoms with van der Waals surface area (Å²) < 4.78 is 138. The van der Waals surface area contributed by atoms with Gasteiger partial charge < -0.3 is 0 Å². The van der Waals surface area contributed by atoms with Crippen LogP contribution < -0.4 is 0 Å². The van der Waals surface area contributed by atoms with Gasteiger partial charge in [0.15, 0.2) is 46.9 Å². The molecular formula is C24H4F10O4S2. The van der Waals surface area contributed by atoms with Gasteiger partial charge in [0.2, 0.25) is 35.1 Å². The molecule has 2 aromatic heterocycles. The maximum absolute atomic E-state index is 14.3. The highest BCUT2D eigenvalue weighted by Crippen LogP contribution is 2.46. The van der Waals surface area contributed by atoms with Crippen LogP contribution in [0, 0.1) is 29.1 Å². The van der Waals surface area contributed by atoms with Crippen LogP contribution in [0.2, 0.25) is 0 Å². The van der Waals surface area contributed by atoms with Gasteiger partial charge >= 0.3 is 0 Å². The van der Waals surface area contributed by atoms with E-state index in [9.17, 15) is 63.1 Å². The number of carbonyl (C=O) groups excluding carboxylic acids is 4. The van der Waals surface area contributed by atoms with Crippen LogP contribution >= 0.6 is 22.7 Å². The standard InChI is InChI=1S/C24H4F10O4S2/c25-9-7(10(26)14(30)17(33)13(9)29)21(37)5-1-3-19(35)20(36)4-2-6(40-24(4)23(3)39-5)22(38)8-11(27)15(31)18(34)16(32)12(8)28/h1-2,9,14H. The number of allylic oxidation sites excluding steroid dienone is 4. The molecule has 0 saturated carbocycles. The SMILES string of the molecule is O=C(C1=C(F)C(F)C(F)=C(F)C1F)c1cc2c(s1)-c1sc(C(=O)c3c(F)c(F)c(F)c(F)c3F)cc1C(=O)C2=O. The smallest absolute Gasteiger partial charge is 0.235 e. The van der Waals surface area contributed by atoms with Gasteiger partial charge in [0, 0.05) is 11.1 Å². The molecule has 0 amide bonds. The fourth-order valence-corrected chi connectivity index (χ4v) is 6.32. The van der Waals surface area contributed by atoms with Gasteiger partial charge in [0.05, 0.1) is 25.1 Å². The van der Waals surface area contributed by atoms with Crippen molar-refractivity contribution in [2.45, 2.75) is 12.3 Å². The first-order valence-electron chi connectivity index (χ1n) is 10.4. The van der Waals surface area contributed by atoms with Gasteiger partial charge in [0.25, 0.3) is 0 Å². The highest BCUT2D eigenvalue weighted by Gasteiger charge is 2.44. The zero-order chi connectivity index (χ0) is 29.5. The minimum atomic E-state index is -3.41. The Kier molecular flexibility index (Phi) is 6.45. The van der Waals surface area contributed by atoms with E-state index < -0.39 is 114 Å².